The van der Waals surface area contributed by atoms with Gasteiger partial charge in [0.05, 0.1) is 0 Å². The van der Waals surface area contributed by atoms with Gasteiger partial charge in [0.2, 0.25) is 0 Å². The normalized spacial score (nSPS) is 0. The minimum Gasteiger partial charge on any atom is 0 e. The summed E-state index contributed by atoms with van der Waals surface area (Å²) < 4.78 is 0. The number of rotatable bonds is 0. The van der Waals surface area contributed by atoms with E-state index in [1.807, 2.05) is 0 Å². The molecule has 0 N–H and O–H groups in total. The second-order valence-electron chi connectivity index (χ2n) is 0. The predicted molar refractivity (Wildman–Crippen MR) is 0 cm³/mol. The molecule has 0 spiro atoms. The first kappa shape index (κ1) is 30.8. The molecule has 0 saturated carbocycles. The van der Waals surface area contributed by atoms with Gasteiger partial charge in [-0.25, -0.2) is 0 Å². The van der Waals surface area contributed by atoms with Gasteiger partial charge >= 0.3 is 0 Å². The molecule has 0 saturated heterocycles. The van der Waals surface area contributed by atoms with Crippen molar-refractivity contribution in [3.8, 4) is 0 Å². The summed E-state index contributed by atoms with van der Waals surface area (Å²) in [6.07, 6.45) is 0. The van der Waals surface area contributed by atoms with Gasteiger partial charge in [0, 0.05) is 177 Å². The zero-order chi connectivity index (χ0) is 0. The summed E-state index contributed by atoms with van der Waals surface area (Å²) in [6, 6.07) is 0. The molecule has 0 aliphatic heterocycles. The largest absolute Gasteiger partial charge is 0 e. The van der Waals surface area contributed by atoms with E-state index in [2.05, 4.69) is 0 Å². The van der Waals surface area contributed by atoms with Crippen molar-refractivity contribution in [2.75, 3.05) is 0 Å². The molecule has 0 heterocycles. The smallest absolute Gasteiger partial charge is 0 e. The fraction of sp³-hybridized carbons (Fsp3) is 0. The van der Waals surface area contributed by atoms with E-state index in [0.29, 0.717) is 0 Å². The van der Waals surface area contributed by atoms with Crippen LogP contribution >= 0.6 is 0 Å². The van der Waals surface area contributed by atoms with E-state index in [-0.39, 0.29) is 177 Å². The van der Waals surface area contributed by atoms with Crippen molar-refractivity contribution < 1.29 is 177 Å². The van der Waals surface area contributed by atoms with Gasteiger partial charge in [-0.2, -0.15) is 0 Å². The Morgan fingerprint density at radius 3 is 1.00 bits per heavy atom. The zero-order valence-electron chi connectivity index (χ0n) is 2.51. The van der Waals surface area contributed by atoms with Crippen LogP contribution in [0.25, 0.3) is 0 Å². The molecule has 0 unspecified atom stereocenters. The van der Waals surface area contributed by atoms with Gasteiger partial charge in [0.1, 0.15) is 0 Å². The van der Waals surface area contributed by atoms with Crippen molar-refractivity contribution in [1.29, 1.82) is 0 Å². The summed E-state index contributed by atoms with van der Waals surface area (Å²) >= 11 is 0. The number of hydrogen-bond acceptors (Lipinski definition) is 0. The molecule has 22 valence electrons. The molecule has 0 rings (SSSR count). The first-order valence-electron chi connectivity index (χ1n) is 0. The van der Waals surface area contributed by atoms with E-state index in [1.165, 1.54) is 0 Å². The second-order valence-corrected chi connectivity index (χ2v) is 0. The minimum absolute atomic E-state index is 0. The maximum atomic E-state index is 0. The van der Waals surface area contributed by atoms with Crippen LogP contribution in [-0.2, 0) is 17.1 Å². The van der Waals surface area contributed by atoms with Crippen LogP contribution in [-0.4, -0.2) is 0 Å². The predicted octanol–water partition coefficient (Wildman–Crippen LogP) is -0.00250. The van der Waals surface area contributed by atoms with Crippen LogP contribution < -0.4 is 0 Å². The Balaban J connectivity index is 0. The van der Waals surface area contributed by atoms with E-state index in [4.69, 9.17) is 0 Å². The summed E-state index contributed by atoms with van der Waals surface area (Å²) in [5, 5.41) is 0. The summed E-state index contributed by atoms with van der Waals surface area (Å²) in [6.45, 7) is 0. The second kappa shape index (κ2) is 22.6. The zero-order valence-corrected chi connectivity index (χ0v) is 17.3. The molecule has 0 fully saturated rings. The molecule has 0 aliphatic rings. The minimum atomic E-state index is 0. The van der Waals surface area contributed by atoms with E-state index in [0.717, 1.165) is 0 Å². The van der Waals surface area contributed by atoms with Gasteiger partial charge in [-0.15, -0.1) is 0 Å². The van der Waals surface area contributed by atoms with Crippen molar-refractivity contribution in [3.63, 3.8) is 0 Å². The Morgan fingerprint density at radius 2 is 1.00 bits per heavy atom. The summed E-state index contributed by atoms with van der Waals surface area (Å²) in [5.41, 5.74) is 0. The number of hydrogen-bond donors (Lipinski definition) is 0. The third-order valence-corrected chi connectivity index (χ3v) is 0. The molecule has 0 aromatic carbocycles. The van der Waals surface area contributed by atoms with E-state index < -0.39 is 0 Å². The SMILES string of the molecule is [Ce].[Fe].[La].[Nd].[Pr]. The van der Waals surface area contributed by atoms with Crippen molar-refractivity contribution >= 4 is 0 Å². The van der Waals surface area contributed by atoms with Gasteiger partial charge in [0.15, 0.2) is 0 Å². The van der Waals surface area contributed by atoms with Crippen molar-refractivity contribution in [3.05, 3.63) is 0 Å². The van der Waals surface area contributed by atoms with Crippen LogP contribution in [0.2, 0.25) is 0 Å². The van der Waals surface area contributed by atoms with Crippen LogP contribution in [0.5, 0.6) is 0 Å². The molecule has 5 heavy (non-hydrogen) atoms. The molecule has 2 radical (unpaired) electrons. The van der Waals surface area contributed by atoms with Crippen LogP contribution in [0.15, 0.2) is 0 Å². The summed E-state index contributed by atoms with van der Waals surface area (Å²) in [4.78, 5) is 0. The van der Waals surface area contributed by atoms with Gasteiger partial charge in [-0.1, -0.05) is 0 Å². The molecule has 0 bridgehead atoms. The Bertz CT molecular complexity index is 11.6. The molecule has 0 aromatic heterocycles. The Hall–Kier alpha value is 5.81. The molecule has 0 aliphatic carbocycles. The Morgan fingerprint density at radius 1 is 1.00 bits per heavy atom. The van der Waals surface area contributed by atoms with Crippen LogP contribution in [0, 0.1) is 159 Å². The molecule has 0 amide bonds. The average molecular weight is 620 g/mol. The van der Waals surface area contributed by atoms with E-state index in [1.54, 1.807) is 0 Å². The molecular formula is CeFeLaNdPr. The maximum absolute atomic E-state index is 0. The Labute approximate surface area is 170 Å². The topological polar surface area (TPSA) is 0 Å². The van der Waals surface area contributed by atoms with Crippen LogP contribution in [0.3, 0.4) is 0 Å². The van der Waals surface area contributed by atoms with Crippen molar-refractivity contribution in [2.24, 2.45) is 0 Å². The summed E-state index contributed by atoms with van der Waals surface area (Å²) in [7, 11) is 0. The van der Waals surface area contributed by atoms with Gasteiger partial charge < -0.3 is 0 Å². The molecule has 5 heteroatoms. The third kappa shape index (κ3) is 17.7. The molecule has 0 atom stereocenters. The van der Waals surface area contributed by atoms with Crippen LogP contribution in [0.1, 0.15) is 0 Å². The molecule has 0 nitrogen and oxygen atoms in total. The third-order valence-electron chi connectivity index (χ3n) is 0. The Kier molecular flexibility index (Phi) is 139. The van der Waals surface area contributed by atoms with Gasteiger partial charge in [0.25, 0.3) is 0 Å². The average Bonchev–Trinajstić information content (AvgIpc) is 0. The fourth-order valence-electron chi connectivity index (χ4n) is 0. The van der Waals surface area contributed by atoms with Crippen LogP contribution in [0.4, 0.5) is 0 Å². The van der Waals surface area contributed by atoms with Crippen molar-refractivity contribution in [1.82, 2.24) is 0 Å². The standard InChI is InChI=1S/Ce.Fe.La.Nd.Pr. The van der Waals surface area contributed by atoms with E-state index in [9.17, 15) is 0 Å². The first-order valence-corrected chi connectivity index (χ1v) is 0. The van der Waals surface area contributed by atoms with Gasteiger partial charge in [-0.3, -0.25) is 0 Å². The summed E-state index contributed by atoms with van der Waals surface area (Å²) in [5.74, 6) is 0. The molecular weight excluding hydrogens is 620 g/mol. The molecule has 0 aromatic rings. The maximum Gasteiger partial charge on any atom is 0 e. The van der Waals surface area contributed by atoms with Crippen molar-refractivity contribution in [2.45, 2.75) is 0 Å². The first-order chi connectivity index (χ1) is 0. The van der Waals surface area contributed by atoms with E-state index >= 15 is 0 Å². The quantitative estimate of drug-likeness (QED) is 0.335. The monoisotopic (exact) mass is 618 g/mol. The van der Waals surface area contributed by atoms with Gasteiger partial charge in [-0.05, 0) is 0 Å². The fourth-order valence-corrected chi connectivity index (χ4v) is 0.